The molecule has 6 heteroatoms. The normalized spacial score (nSPS) is 10.6. The van der Waals surface area contributed by atoms with Gasteiger partial charge in [0, 0.05) is 17.0 Å². The van der Waals surface area contributed by atoms with E-state index in [1.165, 1.54) is 19.2 Å². The summed E-state index contributed by atoms with van der Waals surface area (Å²) in [6, 6.07) is 4.69. The summed E-state index contributed by atoms with van der Waals surface area (Å²) in [4.78, 5) is 12.1. The summed E-state index contributed by atoms with van der Waals surface area (Å²) in [6.07, 6.45) is 0. The second-order valence-corrected chi connectivity index (χ2v) is 3.77. The van der Waals surface area contributed by atoms with Crippen molar-refractivity contribution in [1.29, 1.82) is 0 Å². The number of benzene rings is 1. The van der Waals surface area contributed by atoms with Gasteiger partial charge in [-0.05, 0) is 19.9 Å². The highest BCUT2D eigenvalue weighted by molar-refractivity contribution is 5.74. The van der Waals surface area contributed by atoms with Crippen molar-refractivity contribution in [3.63, 3.8) is 0 Å². The zero-order valence-corrected chi connectivity index (χ0v) is 10.5. The van der Waals surface area contributed by atoms with Gasteiger partial charge in [0.15, 0.2) is 0 Å². The number of aromatic nitrogens is 2. The molecule has 0 bridgehead atoms. The van der Waals surface area contributed by atoms with Gasteiger partial charge in [0.2, 0.25) is 0 Å². The lowest BCUT2D eigenvalue weighted by atomic mass is 10.2. The standard InChI is InChI=1S/C12H14N2O4/c1-4-18-12-8(2)13(15)11-7-9(17-3)5-6-10(11)14(12)16/h5-7H,4H2,1-3H3. The highest BCUT2D eigenvalue weighted by atomic mass is 16.5. The van der Waals surface area contributed by atoms with Crippen molar-refractivity contribution in [2.45, 2.75) is 13.8 Å². The molecule has 1 aromatic carbocycles. The van der Waals surface area contributed by atoms with Crippen LogP contribution in [0.4, 0.5) is 0 Å². The molecule has 0 aliphatic rings. The molecule has 0 aliphatic heterocycles. The first kappa shape index (κ1) is 12.2. The van der Waals surface area contributed by atoms with E-state index in [-0.39, 0.29) is 22.6 Å². The molecule has 0 aliphatic carbocycles. The van der Waals surface area contributed by atoms with E-state index in [9.17, 15) is 10.1 Å². The molecule has 0 atom stereocenters. The second-order valence-electron chi connectivity index (χ2n) is 3.77. The number of ether oxygens (including phenoxy) is 2. The third kappa shape index (κ3) is 1.75. The third-order valence-corrected chi connectivity index (χ3v) is 2.70. The first-order valence-corrected chi connectivity index (χ1v) is 5.56. The summed E-state index contributed by atoms with van der Waals surface area (Å²) < 4.78 is 11.6. The average molecular weight is 250 g/mol. The Morgan fingerprint density at radius 3 is 2.78 bits per heavy atom. The summed E-state index contributed by atoms with van der Waals surface area (Å²) in [5.74, 6) is 0.556. The molecular formula is C12H14N2O4. The number of hydrogen-bond acceptors (Lipinski definition) is 4. The molecule has 1 heterocycles. The lowest BCUT2D eigenvalue weighted by Crippen LogP contribution is -2.24. The Hall–Kier alpha value is -2.24. The minimum absolute atomic E-state index is 0.0326. The first-order valence-electron chi connectivity index (χ1n) is 5.56. The lowest BCUT2D eigenvalue weighted by Gasteiger charge is -2.16. The van der Waals surface area contributed by atoms with Gasteiger partial charge in [0.05, 0.1) is 13.7 Å². The number of nitrogens with zero attached hydrogens (tertiary/aromatic N) is 2. The van der Waals surface area contributed by atoms with E-state index in [0.29, 0.717) is 21.5 Å². The van der Waals surface area contributed by atoms with Crippen LogP contribution in [0.15, 0.2) is 18.2 Å². The second kappa shape index (κ2) is 4.56. The monoisotopic (exact) mass is 250 g/mol. The van der Waals surface area contributed by atoms with Gasteiger partial charge in [0.25, 0.3) is 5.52 Å². The molecule has 0 radical (unpaired) electrons. The predicted molar refractivity (Wildman–Crippen MR) is 66.5 cm³/mol. The van der Waals surface area contributed by atoms with Crippen LogP contribution in [0.1, 0.15) is 12.6 Å². The van der Waals surface area contributed by atoms with Crippen molar-refractivity contribution >= 4 is 11.0 Å². The smallest absolute Gasteiger partial charge is 0.442 e. The highest BCUT2D eigenvalue weighted by Gasteiger charge is 2.21. The van der Waals surface area contributed by atoms with E-state index in [1.54, 1.807) is 19.9 Å². The van der Waals surface area contributed by atoms with E-state index in [4.69, 9.17) is 9.47 Å². The third-order valence-electron chi connectivity index (χ3n) is 2.70. The molecule has 0 unspecified atom stereocenters. The van der Waals surface area contributed by atoms with Gasteiger partial charge >= 0.3 is 5.88 Å². The number of methoxy groups -OCH3 is 1. The predicted octanol–water partition coefficient (Wildman–Crippen LogP) is 1.62. The summed E-state index contributed by atoms with van der Waals surface area (Å²) in [5, 5.41) is 12.1. The van der Waals surface area contributed by atoms with Crippen LogP contribution < -0.4 is 13.9 Å². The first-order chi connectivity index (χ1) is 8.60. The minimum Gasteiger partial charge on any atom is -0.805 e. The van der Waals surface area contributed by atoms with Gasteiger partial charge in [-0.15, -0.1) is 0 Å². The summed E-state index contributed by atoms with van der Waals surface area (Å²) in [6.45, 7) is 3.63. The Kier molecular flexibility index (Phi) is 3.10. The van der Waals surface area contributed by atoms with Crippen LogP contribution in [0.25, 0.3) is 11.0 Å². The molecule has 0 spiro atoms. The summed E-state index contributed by atoms with van der Waals surface area (Å²) in [7, 11) is 1.50. The van der Waals surface area contributed by atoms with Gasteiger partial charge in [-0.3, -0.25) is 0 Å². The fourth-order valence-corrected chi connectivity index (χ4v) is 1.79. The van der Waals surface area contributed by atoms with Gasteiger partial charge < -0.3 is 19.4 Å². The molecule has 6 nitrogen and oxygen atoms in total. The Morgan fingerprint density at radius 1 is 1.44 bits per heavy atom. The zero-order valence-electron chi connectivity index (χ0n) is 10.5. The Bertz CT molecular complexity index is 649. The summed E-state index contributed by atoms with van der Waals surface area (Å²) >= 11 is 0. The van der Waals surface area contributed by atoms with Crippen LogP contribution in [0.2, 0.25) is 0 Å². The van der Waals surface area contributed by atoms with E-state index in [0.717, 1.165) is 0 Å². The largest absolute Gasteiger partial charge is 0.805 e. The molecule has 96 valence electrons. The molecule has 2 aromatic rings. The van der Waals surface area contributed by atoms with Crippen LogP contribution in [0.3, 0.4) is 0 Å². The molecule has 2 rings (SSSR count). The average Bonchev–Trinajstić information content (AvgIpc) is 2.40. The van der Waals surface area contributed by atoms with E-state index in [2.05, 4.69) is 0 Å². The maximum absolute atomic E-state index is 12.1. The van der Waals surface area contributed by atoms with Crippen LogP contribution >= 0.6 is 0 Å². The van der Waals surface area contributed by atoms with E-state index < -0.39 is 0 Å². The number of hydrogen-bond donors (Lipinski definition) is 0. The Morgan fingerprint density at radius 2 is 2.17 bits per heavy atom. The van der Waals surface area contributed by atoms with E-state index in [1.807, 2.05) is 0 Å². The molecule has 0 N–H and O–H groups in total. The van der Waals surface area contributed by atoms with Gasteiger partial charge in [-0.2, -0.15) is 0 Å². The lowest BCUT2D eigenvalue weighted by molar-refractivity contribution is -0.477. The zero-order chi connectivity index (χ0) is 13.3. The van der Waals surface area contributed by atoms with Crippen LogP contribution in [-0.2, 0) is 0 Å². The SMILES string of the molecule is CCOc1c(C)n([O-])c2cc(OC)ccc2[n+]1=O. The van der Waals surface area contributed by atoms with Crippen LogP contribution in [-0.4, -0.2) is 18.4 Å². The fourth-order valence-electron chi connectivity index (χ4n) is 1.79. The Balaban J connectivity index is 2.84. The molecular weight excluding hydrogens is 236 g/mol. The van der Waals surface area contributed by atoms with Crippen molar-refractivity contribution in [2.24, 2.45) is 0 Å². The van der Waals surface area contributed by atoms with Gasteiger partial charge in [-0.1, -0.05) is 0 Å². The molecule has 0 saturated carbocycles. The molecule has 0 amide bonds. The van der Waals surface area contributed by atoms with E-state index >= 15 is 0 Å². The maximum atomic E-state index is 12.1. The Labute approximate surface area is 104 Å². The summed E-state index contributed by atoms with van der Waals surface area (Å²) in [5.41, 5.74) is 0.734. The minimum atomic E-state index is 0.0326. The van der Waals surface area contributed by atoms with Crippen molar-refractivity contribution in [3.8, 4) is 11.6 Å². The maximum Gasteiger partial charge on any atom is 0.442 e. The fraction of sp³-hybridized carbons (Fsp3) is 0.333. The number of fused-ring (bicyclic) bond motifs is 1. The van der Waals surface area contributed by atoms with Crippen molar-refractivity contribution < 1.29 is 13.9 Å². The molecule has 0 saturated heterocycles. The van der Waals surface area contributed by atoms with Crippen LogP contribution in [0.5, 0.6) is 11.6 Å². The van der Waals surface area contributed by atoms with Crippen molar-refractivity contribution in [3.05, 3.63) is 34.0 Å². The van der Waals surface area contributed by atoms with Crippen LogP contribution in [0, 0.1) is 17.0 Å². The van der Waals surface area contributed by atoms with Crippen molar-refractivity contribution in [1.82, 2.24) is 4.73 Å². The number of rotatable bonds is 3. The molecule has 0 fully saturated rings. The highest BCUT2D eigenvalue weighted by Crippen LogP contribution is 2.22. The van der Waals surface area contributed by atoms with Crippen molar-refractivity contribution in [2.75, 3.05) is 13.7 Å². The molecule has 18 heavy (non-hydrogen) atoms. The van der Waals surface area contributed by atoms with Gasteiger partial charge in [0.1, 0.15) is 21.4 Å². The van der Waals surface area contributed by atoms with Gasteiger partial charge in [-0.25, -0.2) is 0 Å². The topological polar surface area (TPSA) is 69.4 Å². The molecule has 1 aromatic heterocycles. The quantitative estimate of drug-likeness (QED) is 0.776.